The van der Waals surface area contributed by atoms with Gasteiger partial charge in [-0.2, -0.15) is 0 Å². The predicted molar refractivity (Wildman–Crippen MR) is 76.6 cm³/mol. The molecule has 21 heavy (non-hydrogen) atoms. The van der Waals surface area contributed by atoms with Gasteiger partial charge >= 0.3 is 0 Å². The monoisotopic (exact) mass is 293 g/mol. The summed E-state index contributed by atoms with van der Waals surface area (Å²) in [5.74, 6) is -0.492. The van der Waals surface area contributed by atoms with Crippen molar-refractivity contribution >= 4 is 0 Å². The largest absolute Gasteiger partial charge is 0.497 e. The molecule has 5 heteroatoms. The molecule has 112 valence electrons. The van der Waals surface area contributed by atoms with Crippen LogP contribution in [0.5, 0.6) is 11.5 Å². The summed E-state index contributed by atoms with van der Waals surface area (Å²) in [6.45, 7) is 0.171. The molecule has 0 aliphatic rings. The minimum Gasteiger partial charge on any atom is -0.497 e. The first-order valence-corrected chi connectivity index (χ1v) is 6.53. The molecule has 0 fully saturated rings. The molecular weight excluding hydrogens is 276 g/mol. The van der Waals surface area contributed by atoms with Crippen molar-refractivity contribution in [3.63, 3.8) is 0 Å². The van der Waals surface area contributed by atoms with Crippen LogP contribution < -0.4 is 14.8 Å². The lowest BCUT2D eigenvalue weighted by atomic mass is 10.1. The molecule has 2 aromatic carbocycles. The van der Waals surface area contributed by atoms with E-state index in [9.17, 15) is 8.78 Å². The van der Waals surface area contributed by atoms with E-state index in [1.165, 1.54) is 0 Å². The summed E-state index contributed by atoms with van der Waals surface area (Å²) >= 11 is 0. The highest BCUT2D eigenvalue weighted by molar-refractivity contribution is 5.31. The van der Waals surface area contributed by atoms with Gasteiger partial charge in [0.1, 0.15) is 18.2 Å². The molecule has 0 spiro atoms. The maximum absolute atomic E-state index is 13.5. The van der Waals surface area contributed by atoms with Gasteiger partial charge < -0.3 is 14.8 Å². The lowest BCUT2D eigenvalue weighted by Gasteiger charge is -2.18. The Morgan fingerprint density at radius 3 is 2.67 bits per heavy atom. The second kappa shape index (κ2) is 7.04. The lowest BCUT2D eigenvalue weighted by Crippen LogP contribution is -2.23. The Morgan fingerprint density at radius 2 is 1.95 bits per heavy atom. The van der Waals surface area contributed by atoms with Gasteiger partial charge in [0.25, 0.3) is 0 Å². The highest BCUT2D eigenvalue weighted by atomic mass is 19.1. The average Bonchev–Trinajstić information content (AvgIpc) is 2.51. The van der Waals surface area contributed by atoms with E-state index in [0.29, 0.717) is 0 Å². The maximum Gasteiger partial charge on any atom is 0.165 e. The summed E-state index contributed by atoms with van der Waals surface area (Å²) in [4.78, 5) is 0. The van der Waals surface area contributed by atoms with Crippen LogP contribution in [-0.2, 0) is 0 Å². The van der Waals surface area contributed by atoms with Crippen LogP contribution in [0, 0.1) is 11.6 Å². The highest BCUT2D eigenvalue weighted by Crippen LogP contribution is 2.22. The topological polar surface area (TPSA) is 30.5 Å². The second-order valence-corrected chi connectivity index (χ2v) is 4.50. The highest BCUT2D eigenvalue weighted by Gasteiger charge is 2.13. The van der Waals surface area contributed by atoms with Crippen molar-refractivity contribution in [2.45, 2.75) is 6.04 Å². The van der Waals surface area contributed by atoms with E-state index in [4.69, 9.17) is 9.47 Å². The number of halogens is 2. The zero-order chi connectivity index (χ0) is 15.2. The van der Waals surface area contributed by atoms with E-state index in [1.54, 1.807) is 14.2 Å². The predicted octanol–water partition coefficient (Wildman–Crippen LogP) is 3.31. The van der Waals surface area contributed by atoms with Gasteiger partial charge in [0, 0.05) is 6.07 Å². The van der Waals surface area contributed by atoms with Gasteiger partial charge in [0.15, 0.2) is 11.6 Å². The van der Waals surface area contributed by atoms with Crippen molar-refractivity contribution in [2.24, 2.45) is 0 Å². The molecule has 1 N–H and O–H groups in total. The van der Waals surface area contributed by atoms with E-state index >= 15 is 0 Å². The molecule has 1 atom stereocenters. The Balaban J connectivity index is 2.10. The van der Waals surface area contributed by atoms with E-state index in [0.717, 1.165) is 29.5 Å². The summed E-state index contributed by atoms with van der Waals surface area (Å²) in [5, 5.41) is 3.08. The van der Waals surface area contributed by atoms with Gasteiger partial charge in [0.2, 0.25) is 0 Å². The SMILES string of the molecule is CNC(COc1cc(F)ccc1F)c1cccc(OC)c1. The summed E-state index contributed by atoms with van der Waals surface area (Å²) < 4.78 is 37.2. The van der Waals surface area contributed by atoms with Gasteiger partial charge in [-0.05, 0) is 36.9 Å². The Labute approximate surface area is 122 Å². The number of rotatable bonds is 6. The quantitative estimate of drug-likeness (QED) is 0.886. The number of benzene rings is 2. The molecule has 0 aliphatic carbocycles. The van der Waals surface area contributed by atoms with Crippen LogP contribution in [0.3, 0.4) is 0 Å². The first-order chi connectivity index (χ1) is 10.1. The van der Waals surface area contributed by atoms with E-state index in [1.807, 2.05) is 24.3 Å². The normalized spacial score (nSPS) is 12.0. The van der Waals surface area contributed by atoms with E-state index < -0.39 is 11.6 Å². The third kappa shape index (κ3) is 3.92. The number of ether oxygens (including phenoxy) is 2. The van der Waals surface area contributed by atoms with Crippen LogP contribution in [0.25, 0.3) is 0 Å². The van der Waals surface area contributed by atoms with Crippen LogP contribution in [0.15, 0.2) is 42.5 Å². The molecule has 0 bridgehead atoms. The van der Waals surface area contributed by atoms with Crippen molar-refractivity contribution in [1.82, 2.24) is 5.32 Å². The molecule has 3 nitrogen and oxygen atoms in total. The molecule has 0 radical (unpaired) electrons. The van der Waals surface area contributed by atoms with Crippen LogP contribution in [0.4, 0.5) is 8.78 Å². The van der Waals surface area contributed by atoms with Crippen LogP contribution in [0.2, 0.25) is 0 Å². The minimum absolute atomic E-state index is 0.0989. The zero-order valence-electron chi connectivity index (χ0n) is 11.9. The van der Waals surface area contributed by atoms with Crippen molar-refractivity contribution in [1.29, 1.82) is 0 Å². The minimum atomic E-state index is -0.586. The molecule has 0 heterocycles. The molecule has 0 amide bonds. The van der Waals surface area contributed by atoms with Gasteiger partial charge in [0.05, 0.1) is 13.2 Å². The third-order valence-corrected chi connectivity index (χ3v) is 3.14. The fourth-order valence-corrected chi connectivity index (χ4v) is 1.97. The Kier molecular flexibility index (Phi) is 5.11. The summed E-state index contributed by atoms with van der Waals surface area (Å²) in [5.41, 5.74) is 0.939. The molecule has 0 aromatic heterocycles. The number of methoxy groups -OCH3 is 1. The van der Waals surface area contributed by atoms with Crippen molar-refractivity contribution in [3.8, 4) is 11.5 Å². The molecule has 0 saturated carbocycles. The molecule has 0 saturated heterocycles. The van der Waals surface area contributed by atoms with Crippen molar-refractivity contribution < 1.29 is 18.3 Å². The summed E-state index contributed by atoms with van der Waals surface area (Å²) in [7, 11) is 3.36. The Bertz CT molecular complexity index is 605. The maximum atomic E-state index is 13.5. The second-order valence-electron chi connectivity index (χ2n) is 4.50. The fraction of sp³-hybridized carbons (Fsp3) is 0.250. The molecule has 1 unspecified atom stereocenters. The van der Waals surface area contributed by atoms with Crippen LogP contribution in [-0.4, -0.2) is 20.8 Å². The number of nitrogens with one attached hydrogen (secondary N) is 1. The Hall–Kier alpha value is -2.14. The van der Waals surface area contributed by atoms with Crippen LogP contribution in [0.1, 0.15) is 11.6 Å². The first kappa shape index (κ1) is 15.3. The van der Waals surface area contributed by atoms with Crippen molar-refractivity contribution in [2.75, 3.05) is 20.8 Å². The van der Waals surface area contributed by atoms with Gasteiger partial charge in [-0.25, -0.2) is 8.78 Å². The molecular formula is C16H17F2NO2. The lowest BCUT2D eigenvalue weighted by molar-refractivity contribution is 0.260. The first-order valence-electron chi connectivity index (χ1n) is 6.53. The summed E-state index contributed by atoms with van der Waals surface area (Å²) in [6.07, 6.45) is 0. The van der Waals surface area contributed by atoms with Gasteiger partial charge in [-0.15, -0.1) is 0 Å². The number of likely N-dealkylation sites (N-methyl/N-ethyl adjacent to an activating group) is 1. The number of hydrogen-bond donors (Lipinski definition) is 1. The average molecular weight is 293 g/mol. The van der Waals surface area contributed by atoms with Crippen molar-refractivity contribution in [3.05, 3.63) is 59.7 Å². The van der Waals surface area contributed by atoms with Crippen LogP contribution >= 0.6 is 0 Å². The van der Waals surface area contributed by atoms with E-state index in [2.05, 4.69) is 5.32 Å². The molecule has 2 rings (SSSR count). The Morgan fingerprint density at radius 1 is 1.14 bits per heavy atom. The standard InChI is InChI=1S/C16H17F2NO2/c1-19-15(11-4-3-5-13(8-11)20-2)10-21-16-9-12(17)6-7-14(16)18/h3-9,15,19H,10H2,1-2H3. The molecule has 2 aromatic rings. The smallest absolute Gasteiger partial charge is 0.165 e. The van der Waals surface area contributed by atoms with Gasteiger partial charge in [-0.3, -0.25) is 0 Å². The summed E-state index contributed by atoms with van der Waals surface area (Å²) in [6, 6.07) is 10.5. The third-order valence-electron chi connectivity index (χ3n) is 3.14. The fourth-order valence-electron chi connectivity index (χ4n) is 1.97. The van der Waals surface area contributed by atoms with Gasteiger partial charge in [-0.1, -0.05) is 12.1 Å². The number of hydrogen-bond acceptors (Lipinski definition) is 3. The molecule has 0 aliphatic heterocycles. The zero-order valence-corrected chi connectivity index (χ0v) is 11.9. The van der Waals surface area contributed by atoms with E-state index in [-0.39, 0.29) is 18.4 Å².